The van der Waals surface area contributed by atoms with Gasteiger partial charge in [0.25, 0.3) is 0 Å². The molecule has 1 unspecified atom stereocenters. The van der Waals surface area contributed by atoms with Crippen LogP contribution in [0.5, 0.6) is 5.75 Å². The van der Waals surface area contributed by atoms with Crippen LogP contribution in [-0.2, 0) is 12.0 Å². The van der Waals surface area contributed by atoms with Crippen LogP contribution in [0.15, 0.2) is 29.6 Å². The van der Waals surface area contributed by atoms with E-state index in [0.717, 1.165) is 10.4 Å². The fourth-order valence-corrected chi connectivity index (χ4v) is 3.21. The number of hydrogen-bond donors (Lipinski definition) is 1. The summed E-state index contributed by atoms with van der Waals surface area (Å²) in [5.41, 5.74) is 0.404. The average molecular weight is 280 g/mol. The lowest BCUT2D eigenvalue weighted by Crippen LogP contribution is -2.24. The normalized spacial score (nSPS) is 14.2. The second-order valence-electron chi connectivity index (χ2n) is 4.82. The first-order valence-corrected chi connectivity index (χ1v) is 6.92. The maximum absolute atomic E-state index is 14.1. The summed E-state index contributed by atoms with van der Waals surface area (Å²) in [6, 6.07) is 6.93. The molecule has 1 aromatic heterocycles. The van der Waals surface area contributed by atoms with Gasteiger partial charge in [-0.15, -0.1) is 11.3 Å². The van der Waals surface area contributed by atoms with E-state index in [1.165, 1.54) is 18.4 Å². The van der Waals surface area contributed by atoms with Gasteiger partial charge >= 0.3 is 0 Å². The Morgan fingerprint density at radius 3 is 2.68 bits per heavy atom. The zero-order chi connectivity index (χ0) is 14.0. The van der Waals surface area contributed by atoms with E-state index in [4.69, 9.17) is 4.74 Å². The Morgan fingerprint density at radius 1 is 1.37 bits per heavy atom. The van der Waals surface area contributed by atoms with Gasteiger partial charge in [-0.2, -0.15) is 0 Å². The van der Waals surface area contributed by atoms with Crippen LogP contribution in [0.3, 0.4) is 0 Å². The molecule has 0 saturated heterocycles. The summed E-state index contributed by atoms with van der Waals surface area (Å²) in [4.78, 5) is 0.870. The third kappa shape index (κ3) is 2.80. The molecule has 2 nitrogen and oxygen atoms in total. The van der Waals surface area contributed by atoms with Crippen molar-refractivity contribution in [1.29, 1.82) is 0 Å². The first-order chi connectivity index (χ1) is 8.95. The number of benzene rings is 1. The largest absolute Gasteiger partial charge is 0.494 e. The third-order valence-electron chi connectivity index (χ3n) is 3.15. The molecular weight excluding hydrogens is 263 g/mol. The lowest BCUT2D eigenvalue weighted by molar-refractivity contribution is 0.0598. The zero-order valence-electron chi connectivity index (χ0n) is 11.2. The van der Waals surface area contributed by atoms with Gasteiger partial charge in [0.15, 0.2) is 11.6 Å². The first kappa shape index (κ1) is 14.0. The molecule has 0 aliphatic carbocycles. The van der Waals surface area contributed by atoms with Crippen molar-refractivity contribution in [3.05, 3.63) is 51.5 Å². The Kier molecular flexibility index (Phi) is 3.92. The summed E-state index contributed by atoms with van der Waals surface area (Å²) in [6.45, 7) is 3.66. The quantitative estimate of drug-likeness (QED) is 0.926. The van der Waals surface area contributed by atoms with Gasteiger partial charge in [0.1, 0.15) is 5.60 Å². The van der Waals surface area contributed by atoms with Crippen LogP contribution in [0.25, 0.3) is 0 Å². The number of ether oxygens (including phenoxy) is 1. The van der Waals surface area contributed by atoms with E-state index in [9.17, 15) is 9.50 Å². The molecule has 0 spiro atoms. The van der Waals surface area contributed by atoms with Crippen molar-refractivity contribution in [3.8, 4) is 5.75 Å². The maximum Gasteiger partial charge on any atom is 0.168 e. The molecule has 4 heteroatoms. The van der Waals surface area contributed by atoms with Gasteiger partial charge in [0.2, 0.25) is 0 Å². The SMILES string of the molecule is COc1cccc(CC(C)(O)c2sccc2C)c1F. The standard InChI is InChI=1S/C15H17FO2S/c1-10-7-8-19-14(10)15(2,17)9-11-5-4-6-12(18-3)13(11)16/h4-8,17H,9H2,1-3H3. The third-order valence-corrected chi connectivity index (χ3v) is 4.42. The highest BCUT2D eigenvalue weighted by Gasteiger charge is 2.28. The number of rotatable bonds is 4. The second-order valence-corrected chi connectivity index (χ2v) is 5.73. The fraction of sp³-hybridized carbons (Fsp3) is 0.333. The van der Waals surface area contributed by atoms with Crippen molar-refractivity contribution in [2.45, 2.75) is 25.9 Å². The average Bonchev–Trinajstić information content (AvgIpc) is 2.79. The Labute approximate surface area is 116 Å². The van der Waals surface area contributed by atoms with Crippen LogP contribution < -0.4 is 4.74 Å². The molecule has 0 fully saturated rings. The highest BCUT2D eigenvalue weighted by Crippen LogP contribution is 2.33. The summed E-state index contributed by atoms with van der Waals surface area (Å²) >= 11 is 1.49. The number of thiophene rings is 1. The highest BCUT2D eigenvalue weighted by atomic mass is 32.1. The van der Waals surface area contributed by atoms with Crippen molar-refractivity contribution in [1.82, 2.24) is 0 Å². The predicted molar refractivity (Wildman–Crippen MR) is 75.3 cm³/mol. The molecule has 19 heavy (non-hydrogen) atoms. The molecule has 0 aliphatic rings. The Hall–Kier alpha value is -1.39. The van der Waals surface area contributed by atoms with Gasteiger partial charge < -0.3 is 9.84 Å². The van der Waals surface area contributed by atoms with Gasteiger partial charge in [-0.3, -0.25) is 0 Å². The van der Waals surface area contributed by atoms with Crippen LogP contribution in [0.4, 0.5) is 4.39 Å². The van der Waals surface area contributed by atoms with Crippen LogP contribution in [0.2, 0.25) is 0 Å². The summed E-state index contributed by atoms with van der Waals surface area (Å²) in [5.74, 6) is -0.198. The molecule has 2 rings (SSSR count). The van der Waals surface area contributed by atoms with Crippen LogP contribution in [-0.4, -0.2) is 12.2 Å². The van der Waals surface area contributed by atoms with Crippen molar-refractivity contribution < 1.29 is 14.2 Å². The summed E-state index contributed by atoms with van der Waals surface area (Å²) < 4.78 is 19.1. The smallest absolute Gasteiger partial charge is 0.168 e. The zero-order valence-corrected chi connectivity index (χ0v) is 12.1. The highest BCUT2D eigenvalue weighted by molar-refractivity contribution is 7.10. The lowest BCUT2D eigenvalue weighted by Gasteiger charge is -2.23. The van der Waals surface area contributed by atoms with Crippen LogP contribution in [0.1, 0.15) is 22.9 Å². The molecule has 0 amide bonds. The van der Waals surface area contributed by atoms with E-state index < -0.39 is 11.4 Å². The number of hydrogen-bond acceptors (Lipinski definition) is 3. The lowest BCUT2D eigenvalue weighted by atomic mass is 9.92. The van der Waals surface area contributed by atoms with Gasteiger partial charge in [-0.25, -0.2) is 4.39 Å². The van der Waals surface area contributed by atoms with Crippen molar-refractivity contribution in [2.75, 3.05) is 7.11 Å². The minimum Gasteiger partial charge on any atom is -0.494 e. The molecule has 2 aromatic rings. The van der Waals surface area contributed by atoms with Gasteiger partial charge in [0.05, 0.1) is 7.11 Å². The molecule has 0 saturated carbocycles. The fourth-order valence-electron chi connectivity index (χ4n) is 2.23. The van der Waals surface area contributed by atoms with Crippen molar-refractivity contribution in [3.63, 3.8) is 0 Å². The topological polar surface area (TPSA) is 29.5 Å². The summed E-state index contributed by atoms with van der Waals surface area (Å²) in [7, 11) is 1.43. The van der Waals surface area contributed by atoms with E-state index in [0.29, 0.717) is 5.56 Å². The summed E-state index contributed by atoms with van der Waals surface area (Å²) in [6.07, 6.45) is 0.220. The minimum atomic E-state index is -1.08. The van der Waals surface area contributed by atoms with E-state index in [1.807, 2.05) is 18.4 Å². The minimum absolute atomic E-state index is 0.205. The number of halogens is 1. The molecule has 0 radical (unpaired) electrons. The molecule has 0 bridgehead atoms. The number of aliphatic hydroxyl groups is 1. The number of methoxy groups -OCH3 is 1. The van der Waals surface area contributed by atoms with E-state index in [1.54, 1.807) is 25.1 Å². The number of aryl methyl sites for hydroxylation is 1. The Morgan fingerprint density at radius 2 is 2.11 bits per heavy atom. The molecule has 102 valence electrons. The maximum atomic E-state index is 14.1. The Balaban J connectivity index is 2.33. The van der Waals surface area contributed by atoms with Crippen molar-refractivity contribution in [2.24, 2.45) is 0 Å². The molecule has 0 aliphatic heterocycles. The van der Waals surface area contributed by atoms with Gasteiger partial charge in [-0.05, 0) is 42.5 Å². The van der Waals surface area contributed by atoms with E-state index >= 15 is 0 Å². The van der Waals surface area contributed by atoms with E-state index in [2.05, 4.69) is 0 Å². The molecule has 1 heterocycles. The first-order valence-electron chi connectivity index (χ1n) is 6.04. The Bertz CT molecular complexity index is 575. The molecular formula is C15H17FO2S. The second kappa shape index (κ2) is 5.31. The van der Waals surface area contributed by atoms with Crippen LogP contribution >= 0.6 is 11.3 Å². The van der Waals surface area contributed by atoms with Gasteiger partial charge in [0, 0.05) is 11.3 Å². The van der Waals surface area contributed by atoms with E-state index in [-0.39, 0.29) is 12.2 Å². The van der Waals surface area contributed by atoms with Crippen molar-refractivity contribution >= 4 is 11.3 Å². The molecule has 1 N–H and O–H groups in total. The predicted octanol–water partition coefficient (Wildman–Crippen LogP) is 3.65. The monoisotopic (exact) mass is 280 g/mol. The van der Waals surface area contributed by atoms with Crippen LogP contribution in [0, 0.1) is 12.7 Å². The molecule has 1 atom stereocenters. The molecule has 1 aromatic carbocycles. The van der Waals surface area contributed by atoms with Gasteiger partial charge in [-0.1, -0.05) is 12.1 Å². The summed E-state index contributed by atoms with van der Waals surface area (Å²) in [5, 5.41) is 12.5.